The maximum Gasteiger partial charge on any atom is 0.303 e. The van der Waals surface area contributed by atoms with Gasteiger partial charge in [0, 0.05) is 18.8 Å². The quantitative estimate of drug-likeness (QED) is 0.504. The zero-order valence-corrected chi connectivity index (χ0v) is 16.5. The standard InChI is InChI=1S/C22H34O3/c1-14(2)8-6-10-16(4)18-13-12-15(3)9-7-11-19-20(18)21(24)22(19)25-17(5)23/h8-9,16,18-20,22H,6-7,10-13H2,1-5H3/b15-9+/t16-,18-,19?,20?,22-/m1/s1. The maximum atomic E-state index is 12.8. The molecule has 0 aliphatic heterocycles. The second-order valence-corrected chi connectivity index (χ2v) is 8.29. The molecule has 2 aliphatic carbocycles. The van der Waals surface area contributed by atoms with Crippen molar-refractivity contribution in [2.75, 3.05) is 0 Å². The Morgan fingerprint density at radius 3 is 2.68 bits per heavy atom. The highest BCUT2D eigenvalue weighted by atomic mass is 16.5. The summed E-state index contributed by atoms with van der Waals surface area (Å²) in [7, 11) is 0. The molecule has 5 atom stereocenters. The number of hydrogen-bond donors (Lipinski definition) is 0. The Morgan fingerprint density at radius 1 is 1.32 bits per heavy atom. The average Bonchev–Trinajstić information content (AvgIpc) is 2.60. The minimum atomic E-state index is -0.498. The molecular weight excluding hydrogens is 312 g/mol. The van der Waals surface area contributed by atoms with Gasteiger partial charge in [0.05, 0.1) is 0 Å². The third-order valence-electron chi connectivity index (χ3n) is 5.98. The van der Waals surface area contributed by atoms with E-state index in [1.54, 1.807) is 0 Å². The lowest BCUT2D eigenvalue weighted by atomic mass is 9.58. The first-order valence-corrected chi connectivity index (χ1v) is 9.81. The molecular formula is C22H34O3. The average molecular weight is 347 g/mol. The normalized spacial score (nSPS) is 32.7. The number of allylic oxidation sites excluding steroid dienone is 4. The number of rotatable bonds is 5. The largest absolute Gasteiger partial charge is 0.454 e. The van der Waals surface area contributed by atoms with E-state index in [-0.39, 0.29) is 23.6 Å². The van der Waals surface area contributed by atoms with Crippen LogP contribution < -0.4 is 0 Å². The molecule has 0 aromatic carbocycles. The van der Waals surface area contributed by atoms with Gasteiger partial charge < -0.3 is 4.74 Å². The lowest BCUT2D eigenvalue weighted by Gasteiger charge is -2.47. The Bertz CT molecular complexity index is 554. The van der Waals surface area contributed by atoms with Gasteiger partial charge >= 0.3 is 5.97 Å². The van der Waals surface area contributed by atoms with Crippen molar-refractivity contribution in [3.63, 3.8) is 0 Å². The molecule has 0 saturated heterocycles. The zero-order valence-electron chi connectivity index (χ0n) is 16.5. The van der Waals surface area contributed by atoms with Gasteiger partial charge in [-0.3, -0.25) is 9.59 Å². The monoisotopic (exact) mass is 346 g/mol. The number of hydrogen-bond acceptors (Lipinski definition) is 3. The van der Waals surface area contributed by atoms with Crippen LogP contribution in [-0.2, 0) is 14.3 Å². The van der Waals surface area contributed by atoms with Gasteiger partial charge in [0.15, 0.2) is 11.9 Å². The van der Waals surface area contributed by atoms with Crippen molar-refractivity contribution in [2.24, 2.45) is 23.7 Å². The van der Waals surface area contributed by atoms with E-state index in [1.807, 2.05) is 0 Å². The molecule has 140 valence electrons. The van der Waals surface area contributed by atoms with Gasteiger partial charge in [0.1, 0.15) is 0 Å². The van der Waals surface area contributed by atoms with Crippen molar-refractivity contribution in [2.45, 2.75) is 79.2 Å². The summed E-state index contributed by atoms with van der Waals surface area (Å²) in [4.78, 5) is 24.1. The molecule has 0 spiro atoms. The number of fused-ring (bicyclic) bond motifs is 1. The van der Waals surface area contributed by atoms with Crippen molar-refractivity contribution in [3.05, 3.63) is 23.3 Å². The molecule has 1 fully saturated rings. The van der Waals surface area contributed by atoms with Gasteiger partial charge in [0.2, 0.25) is 0 Å². The lowest BCUT2D eigenvalue weighted by Crippen LogP contribution is -2.57. The molecule has 25 heavy (non-hydrogen) atoms. The van der Waals surface area contributed by atoms with Crippen molar-refractivity contribution < 1.29 is 14.3 Å². The van der Waals surface area contributed by atoms with Gasteiger partial charge in [-0.1, -0.05) is 30.2 Å². The van der Waals surface area contributed by atoms with Crippen LogP contribution in [0.25, 0.3) is 0 Å². The summed E-state index contributed by atoms with van der Waals surface area (Å²) in [5.41, 5.74) is 2.78. The second kappa shape index (κ2) is 8.82. The lowest BCUT2D eigenvalue weighted by molar-refractivity contribution is -0.177. The van der Waals surface area contributed by atoms with Gasteiger partial charge in [-0.15, -0.1) is 0 Å². The van der Waals surface area contributed by atoms with E-state index in [2.05, 4.69) is 39.8 Å². The number of carbonyl (C=O) groups is 2. The number of ether oxygens (including phenoxy) is 1. The third-order valence-corrected chi connectivity index (χ3v) is 5.98. The fourth-order valence-electron chi connectivity index (χ4n) is 4.55. The highest BCUT2D eigenvalue weighted by molar-refractivity contribution is 5.94. The molecule has 1 saturated carbocycles. The molecule has 3 heteroatoms. The zero-order chi connectivity index (χ0) is 18.6. The Morgan fingerprint density at radius 2 is 2.04 bits per heavy atom. The molecule has 0 amide bonds. The molecule has 2 unspecified atom stereocenters. The molecule has 2 aliphatic rings. The van der Waals surface area contributed by atoms with Gasteiger partial charge in [-0.05, 0) is 71.1 Å². The van der Waals surface area contributed by atoms with Crippen LogP contribution in [0, 0.1) is 23.7 Å². The second-order valence-electron chi connectivity index (χ2n) is 8.29. The van der Waals surface area contributed by atoms with Crippen molar-refractivity contribution in [1.29, 1.82) is 0 Å². The fraction of sp³-hybridized carbons (Fsp3) is 0.727. The Hall–Kier alpha value is -1.38. The van der Waals surface area contributed by atoms with Crippen LogP contribution >= 0.6 is 0 Å². The third kappa shape index (κ3) is 5.05. The van der Waals surface area contributed by atoms with Crippen molar-refractivity contribution >= 4 is 11.8 Å². The minimum Gasteiger partial charge on any atom is -0.454 e. The highest BCUT2D eigenvalue weighted by Crippen LogP contribution is 2.47. The van der Waals surface area contributed by atoms with E-state index in [9.17, 15) is 9.59 Å². The predicted octanol–water partition coefficient (Wildman–Crippen LogP) is 5.25. The Kier molecular flexibility index (Phi) is 7.04. The summed E-state index contributed by atoms with van der Waals surface area (Å²) in [5, 5.41) is 0. The topological polar surface area (TPSA) is 43.4 Å². The van der Waals surface area contributed by atoms with E-state index < -0.39 is 6.10 Å². The van der Waals surface area contributed by atoms with E-state index in [0.717, 1.165) is 38.5 Å². The summed E-state index contributed by atoms with van der Waals surface area (Å²) < 4.78 is 5.35. The molecule has 0 radical (unpaired) electrons. The van der Waals surface area contributed by atoms with E-state index >= 15 is 0 Å². The SMILES string of the molecule is CC(=O)O[C@H]1C(=O)C2C1CC/C=C(\C)CC[C@@H]2[C@H](C)CCC=C(C)C. The van der Waals surface area contributed by atoms with E-state index in [0.29, 0.717) is 11.8 Å². The molecule has 0 N–H and O–H groups in total. The number of esters is 1. The minimum absolute atomic E-state index is 0.0744. The number of ketones is 1. The summed E-state index contributed by atoms with van der Waals surface area (Å²) >= 11 is 0. The van der Waals surface area contributed by atoms with Gasteiger partial charge in [-0.2, -0.15) is 0 Å². The molecule has 2 rings (SSSR count). The number of Topliss-reactive ketones (excluding diaryl/α,β-unsaturated/α-hetero) is 1. The molecule has 0 bridgehead atoms. The summed E-state index contributed by atoms with van der Waals surface area (Å²) in [6, 6.07) is 0. The van der Waals surface area contributed by atoms with E-state index in [1.165, 1.54) is 18.1 Å². The van der Waals surface area contributed by atoms with Crippen LogP contribution in [0.5, 0.6) is 0 Å². The first kappa shape index (κ1) is 19.9. The fourth-order valence-corrected chi connectivity index (χ4v) is 4.55. The molecule has 0 aromatic heterocycles. The van der Waals surface area contributed by atoms with Crippen LogP contribution in [0.15, 0.2) is 23.3 Å². The van der Waals surface area contributed by atoms with Crippen LogP contribution in [0.2, 0.25) is 0 Å². The highest BCUT2D eigenvalue weighted by Gasteiger charge is 2.55. The van der Waals surface area contributed by atoms with Gasteiger partial charge in [-0.25, -0.2) is 0 Å². The number of carbonyl (C=O) groups excluding carboxylic acids is 2. The first-order valence-electron chi connectivity index (χ1n) is 9.81. The predicted molar refractivity (Wildman–Crippen MR) is 101 cm³/mol. The Balaban J connectivity index is 2.14. The van der Waals surface area contributed by atoms with Crippen LogP contribution in [0.1, 0.15) is 73.1 Å². The summed E-state index contributed by atoms with van der Waals surface area (Å²) in [6.07, 6.45) is 10.4. The summed E-state index contributed by atoms with van der Waals surface area (Å²) in [6.45, 7) is 10.2. The van der Waals surface area contributed by atoms with Crippen molar-refractivity contribution in [1.82, 2.24) is 0 Å². The first-order chi connectivity index (χ1) is 11.8. The van der Waals surface area contributed by atoms with Gasteiger partial charge in [0.25, 0.3) is 0 Å². The molecule has 0 aromatic rings. The maximum absolute atomic E-state index is 12.8. The summed E-state index contributed by atoms with van der Waals surface area (Å²) in [5.74, 6) is 1.02. The molecule has 0 heterocycles. The molecule has 3 nitrogen and oxygen atoms in total. The van der Waals surface area contributed by atoms with Crippen LogP contribution in [-0.4, -0.2) is 17.9 Å². The smallest absolute Gasteiger partial charge is 0.303 e. The van der Waals surface area contributed by atoms with E-state index in [4.69, 9.17) is 4.74 Å². The van der Waals surface area contributed by atoms with Crippen molar-refractivity contribution in [3.8, 4) is 0 Å². The van der Waals surface area contributed by atoms with Crippen LogP contribution in [0.3, 0.4) is 0 Å². The van der Waals surface area contributed by atoms with Crippen LogP contribution in [0.4, 0.5) is 0 Å². The Labute approximate surface area is 152 Å².